The number of nitrogen functional groups attached to an aromatic ring is 1. The molecule has 0 bridgehead atoms. The molecule has 1 aromatic carbocycles. The molecule has 0 spiro atoms. The number of ether oxygens (including phenoxy) is 1. The Morgan fingerprint density at radius 3 is 3.06 bits per heavy atom. The van der Waals surface area contributed by atoms with E-state index in [4.69, 9.17) is 10.5 Å². The van der Waals surface area contributed by atoms with Crippen LogP contribution in [0, 0.1) is 5.92 Å². The van der Waals surface area contributed by atoms with E-state index in [1.807, 2.05) is 0 Å². The fourth-order valence-electron chi connectivity index (χ4n) is 1.99. The van der Waals surface area contributed by atoms with E-state index in [1.54, 1.807) is 18.2 Å². The van der Waals surface area contributed by atoms with Gasteiger partial charge in [0, 0.05) is 28.9 Å². The van der Waals surface area contributed by atoms with Crippen molar-refractivity contribution in [3.63, 3.8) is 0 Å². The molecule has 3 N–H and O–H groups in total. The summed E-state index contributed by atoms with van der Waals surface area (Å²) in [6, 6.07) is 5.22. The van der Waals surface area contributed by atoms with E-state index in [1.165, 1.54) is 0 Å². The summed E-state index contributed by atoms with van der Waals surface area (Å²) < 4.78 is 6.18. The van der Waals surface area contributed by atoms with Gasteiger partial charge in [0.05, 0.1) is 6.61 Å². The molecule has 1 heterocycles. The Hall–Kier alpha value is -1.07. The Bertz CT molecular complexity index is 431. The van der Waals surface area contributed by atoms with Crippen molar-refractivity contribution >= 4 is 27.5 Å². The van der Waals surface area contributed by atoms with Gasteiger partial charge in [-0.25, -0.2) is 0 Å². The maximum Gasteiger partial charge on any atom is 0.251 e. The van der Waals surface area contributed by atoms with Gasteiger partial charge in [0.15, 0.2) is 0 Å². The van der Waals surface area contributed by atoms with Gasteiger partial charge in [0.1, 0.15) is 0 Å². The summed E-state index contributed by atoms with van der Waals surface area (Å²) in [6.45, 7) is 2.24. The number of anilines is 1. The largest absolute Gasteiger partial charge is 0.398 e. The minimum atomic E-state index is -0.0835. The highest BCUT2D eigenvalue weighted by Crippen LogP contribution is 2.20. The highest BCUT2D eigenvalue weighted by Gasteiger charge is 2.15. The molecule has 1 saturated heterocycles. The van der Waals surface area contributed by atoms with Crippen LogP contribution in [0.2, 0.25) is 0 Å². The number of carbonyl (C=O) groups is 1. The highest BCUT2D eigenvalue weighted by molar-refractivity contribution is 9.10. The second-order valence-corrected chi connectivity index (χ2v) is 5.38. The molecule has 1 unspecified atom stereocenters. The second kappa shape index (κ2) is 6.20. The van der Waals surface area contributed by atoms with E-state index in [0.717, 1.165) is 30.5 Å². The zero-order valence-corrected chi connectivity index (χ0v) is 11.7. The average Bonchev–Trinajstić information content (AvgIpc) is 2.40. The van der Waals surface area contributed by atoms with E-state index < -0.39 is 0 Å². The van der Waals surface area contributed by atoms with Crippen molar-refractivity contribution in [1.29, 1.82) is 0 Å². The number of benzene rings is 1. The predicted molar refractivity (Wildman–Crippen MR) is 74.4 cm³/mol. The third-order valence-corrected chi connectivity index (χ3v) is 3.79. The molecule has 1 amide bonds. The fraction of sp³-hybridized carbons (Fsp3) is 0.462. The minimum absolute atomic E-state index is 0.0835. The van der Waals surface area contributed by atoms with Gasteiger partial charge in [-0.1, -0.05) is 0 Å². The number of rotatable bonds is 3. The summed E-state index contributed by atoms with van der Waals surface area (Å²) in [7, 11) is 0. The molecule has 0 saturated carbocycles. The van der Waals surface area contributed by atoms with Crippen molar-refractivity contribution in [3.8, 4) is 0 Å². The highest BCUT2D eigenvalue weighted by atomic mass is 79.9. The molecule has 1 atom stereocenters. The first-order valence-electron chi connectivity index (χ1n) is 6.08. The molecule has 5 heteroatoms. The molecule has 0 aliphatic carbocycles. The summed E-state index contributed by atoms with van der Waals surface area (Å²) >= 11 is 3.31. The van der Waals surface area contributed by atoms with Crippen molar-refractivity contribution in [2.75, 3.05) is 25.5 Å². The summed E-state index contributed by atoms with van der Waals surface area (Å²) in [6.07, 6.45) is 2.19. The predicted octanol–water partition coefficient (Wildman–Crippen LogP) is 2.19. The van der Waals surface area contributed by atoms with E-state index in [-0.39, 0.29) is 5.91 Å². The normalized spacial score (nSPS) is 19.5. The van der Waals surface area contributed by atoms with Crippen molar-refractivity contribution in [3.05, 3.63) is 28.2 Å². The third kappa shape index (κ3) is 3.46. The van der Waals surface area contributed by atoms with Gasteiger partial charge in [0.2, 0.25) is 0 Å². The lowest BCUT2D eigenvalue weighted by molar-refractivity contribution is 0.0536. The fourth-order valence-corrected chi connectivity index (χ4v) is 2.24. The van der Waals surface area contributed by atoms with Crippen LogP contribution in [-0.4, -0.2) is 25.7 Å². The van der Waals surface area contributed by atoms with Crippen molar-refractivity contribution in [2.24, 2.45) is 5.92 Å². The topological polar surface area (TPSA) is 64.4 Å². The van der Waals surface area contributed by atoms with Crippen LogP contribution in [0.3, 0.4) is 0 Å². The molecule has 1 aromatic rings. The smallest absolute Gasteiger partial charge is 0.251 e. The van der Waals surface area contributed by atoms with Crippen LogP contribution in [-0.2, 0) is 4.74 Å². The zero-order chi connectivity index (χ0) is 13.0. The Labute approximate surface area is 115 Å². The van der Waals surface area contributed by atoms with E-state index in [9.17, 15) is 4.79 Å². The van der Waals surface area contributed by atoms with Crippen molar-refractivity contribution in [1.82, 2.24) is 5.32 Å². The van der Waals surface area contributed by atoms with Crippen LogP contribution in [0.4, 0.5) is 5.69 Å². The van der Waals surface area contributed by atoms with Crippen LogP contribution >= 0.6 is 15.9 Å². The average molecular weight is 313 g/mol. The van der Waals surface area contributed by atoms with Crippen LogP contribution in [0.1, 0.15) is 23.2 Å². The second-order valence-electron chi connectivity index (χ2n) is 4.53. The maximum absolute atomic E-state index is 11.9. The van der Waals surface area contributed by atoms with Gasteiger partial charge >= 0.3 is 0 Å². The third-order valence-electron chi connectivity index (χ3n) is 3.06. The summed E-state index contributed by atoms with van der Waals surface area (Å²) in [5.41, 5.74) is 6.91. The number of halogens is 1. The van der Waals surface area contributed by atoms with Crippen molar-refractivity contribution in [2.45, 2.75) is 12.8 Å². The maximum atomic E-state index is 11.9. The summed E-state index contributed by atoms with van der Waals surface area (Å²) in [5, 5.41) is 2.93. The quantitative estimate of drug-likeness (QED) is 0.841. The van der Waals surface area contributed by atoms with E-state index in [0.29, 0.717) is 23.7 Å². The number of amides is 1. The molecule has 1 aliphatic rings. The van der Waals surface area contributed by atoms with E-state index >= 15 is 0 Å². The van der Waals surface area contributed by atoms with Gasteiger partial charge in [-0.05, 0) is 52.9 Å². The number of hydrogen-bond acceptors (Lipinski definition) is 3. The molecule has 1 fully saturated rings. The summed E-state index contributed by atoms with van der Waals surface area (Å²) in [5.74, 6) is 0.343. The Balaban J connectivity index is 1.88. The van der Waals surface area contributed by atoms with Gasteiger partial charge in [-0.15, -0.1) is 0 Å². The first-order valence-corrected chi connectivity index (χ1v) is 6.87. The van der Waals surface area contributed by atoms with Gasteiger partial charge in [-0.3, -0.25) is 4.79 Å². The van der Waals surface area contributed by atoms with Crippen molar-refractivity contribution < 1.29 is 9.53 Å². The lowest BCUT2D eigenvalue weighted by Crippen LogP contribution is -2.33. The molecule has 4 nitrogen and oxygen atoms in total. The van der Waals surface area contributed by atoms with Crippen LogP contribution in [0.25, 0.3) is 0 Å². The molecule has 0 radical (unpaired) electrons. The molecule has 1 aliphatic heterocycles. The number of hydrogen-bond donors (Lipinski definition) is 2. The Morgan fingerprint density at radius 1 is 1.56 bits per heavy atom. The van der Waals surface area contributed by atoms with Gasteiger partial charge < -0.3 is 15.8 Å². The molecule has 98 valence electrons. The van der Waals surface area contributed by atoms with Gasteiger partial charge in [0.25, 0.3) is 5.91 Å². The first-order chi connectivity index (χ1) is 8.66. The SMILES string of the molecule is Nc1cc(C(=O)NCC2CCCOC2)ccc1Br. The number of nitrogens with one attached hydrogen (secondary N) is 1. The molecule has 2 rings (SSSR count). The monoisotopic (exact) mass is 312 g/mol. The molecular formula is C13H17BrN2O2. The summed E-state index contributed by atoms with van der Waals surface area (Å²) in [4.78, 5) is 11.9. The standard InChI is InChI=1S/C13H17BrN2O2/c14-11-4-3-10(6-12(11)15)13(17)16-7-9-2-1-5-18-8-9/h3-4,6,9H,1-2,5,7-8,15H2,(H,16,17). The van der Waals surface area contributed by atoms with E-state index in [2.05, 4.69) is 21.2 Å². The first kappa shape index (κ1) is 13.4. The molecule has 18 heavy (non-hydrogen) atoms. The zero-order valence-electron chi connectivity index (χ0n) is 10.1. The minimum Gasteiger partial charge on any atom is -0.398 e. The van der Waals surface area contributed by atoms with Crippen LogP contribution in [0.5, 0.6) is 0 Å². The lowest BCUT2D eigenvalue weighted by Gasteiger charge is -2.22. The molecular weight excluding hydrogens is 296 g/mol. The van der Waals surface area contributed by atoms with Gasteiger partial charge in [-0.2, -0.15) is 0 Å². The Morgan fingerprint density at radius 2 is 2.39 bits per heavy atom. The Kier molecular flexibility index (Phi) is 4.60. The van der Waals surface area contributed by atoms with Crippen LogP contribution < -0.4 is 11.1 Å². The molecule has 0 aromatic heterocycles. The van der Waals surface area contributed by atoms with Crippen LogP contribution in [0.15, 0.2) is 22.7 Å². The number of nitrogens with two attached hydrogens (primary N) is 1. The lowest BCUT2D eigenvalue weighted by atomic mass is 10.0. The number of carbonyl (C=O) groups excluding carboxylic acids is 1.